The molecule has 0 atom stereocenters. The second-order valence-electron chi connectivity index (χ2n) is 3.21. The van der Waals surface area contributed by atoms with E-state index in [-0.39, 0.29) is 0 Å². The molecule has 0 spiro atoms. The monoisotopic (exact) mass is 161 g/mol. The van der Waals surface area contributed by atoms with E-state index in [4.69, 9.17) is 5.73 Å². The Morgan fingerprint density at radius 3 is 2.50 bits per heavy atom. The minimum absolute atomic E-state index is 0.458. The van der Waals surface area contributed by atoms with E-state index in [2.05, 4.69) is 20.4 Å². The molecule has 0 fully saturated rings. The van der Waals surface area contributed by atoms with Gasteiger partial charge in [-0.2, -0.15) is 0 Å². The second-order valence-corrected chi connectivity index (χ2v) is 3.21. The van der Waals surface area contributed by atoms with Gasteiger partial charge in [-0.3, -0.25) is 0 Å². The third-order valence-corrected chi connectivity index (χ3v) is 1.97. The summed E-state index contributed by atoms with van der Waals surface area (Å²) in [4.78, 5) is 0. The maximum atomic E-state index is 5.85. The molecule has 1 rings (SSSR count). The Hall–Kier alpha value is -1.24. The molecule has 0 aliphatic rings. The fourth-order valence-corrected chi connectivity index (χ4v) is 1.45. The molecule has 0 bridgehead atoms. The van der Waals surface area contributed by atoms with Gasteiger partial charge in [0, 0.05) is 5.69 Å². The molecule has 0 heterocycles. The van der Waals surface area contributed by atoms with Crippen LogP contribution in [0.2, 0.25) is 0 Å². The standard InChI is InChI=1S/C11H15N/c1-4-9-6-5-7-10(12)11(9)8(2)3/h4-8H,1,12H2,2-3H3. The molecule has 64 valence electrons. The van der Waals surface area contributed by atoms with Crippen LogP contribution in [0.3, 0.4) is 0 Å². The van der Waals surface area contributed by atoms with Crippen LogP contribution in [0.4, 0.5) is 5.69 Å². The Balaban J connectivity index is 3.29. The molecule has 1 aromatic rings. The van der Waals surface area contributed by atoms with Crippen molar-refractivity contribution in [3.63, 3.8) is 0 Å². The van der Waals surface area contributed by atoms with Crippen LogP contribution in [0, 0.1) is 0 Å². The zero-order valence-corrected chi connectivity index (χ0v) is 7.67. The van der Waals surface area contributed by atoms with E-state index in [9.17, 15) is 0 Å². The first-order valence-electron chi connectivity index (χ1n) is 4.17. The van der Waals surface area contributed by atoms with E-state index < -0.39 is 0 Å². The van der Waals surface area contributed by atoms with Crippen LogP contribution in [-0.2, 0) is 0 Å². The lowest BCUT2D eigenvalue weighted by atomic mass is 9.95. The smallest absolute Gasteiger partial charge is 0.0355 e. The van der Waals surface area contributed by atoms with Crippen molar-refractivity contribution in [2.45, 2.75) is 19.8 Å². The van der Waals surface area contributed by atoms with Crippen LogP contribution in [0.15, 0.2) is 24.8 Å². The van der Waals surface area contributed by atoms with Crippen molar-refractivity contribution in [1.82, 2.24) is 0 Å². The van der Waals surface area contributed by atoms with Crippen LogP contribution >= 0.6 is 0 Å². The highest BCUT2D eigenvalue weighted by Gasteiger charge is 2.06. The summed E-state index contributed by atoms with van der Waals surface area (Å²) in [7, 11) is 0. The first-order chi connectivity index (χ1) is 5.66. The van der Waals surface area contributed by atoms with Crippen molar-refractivity contribution in [2.75, 3.05) is 5.73 Å². The van der Waals surface area contributed by atoms with E-state index in [0.29, 0.717) is 5.92 Å². The summed E-state index contributed by atoms with van der Waals surface area (Å²) in [5.74, 6) is 0.458. The fourth-order valence-electron chi connectivity index (χ4n) is 1.45. The van der Waals surface area contributed by atoms with Crippen LogP contribution in [0.25, 0.3) is 6.08 Å². The highest BCUT2D eigenvalue weighted by atomic mass is 14.6. The quantitative estimate of drug-likeness (QED) is 0.663. The van der Waals surface area contributed by atoms with E-state index in [1.807, 2.05) is 24.3 Å². The van der Waals surface area contributed by atoms with Crippen molar-refractivity contribution in [3.8, 4) is 0 Å². The fraction of sp³-hybridized carbons (Fsp3) is 0.273. The number of hydrogen-bond donors (Lipinski definition) is 1. The molecule has 0 unspecified atom stereocenters. The topological polar surface area (TPSA) is 26.0 Å². The summed E-state index contributed by atoms with van der Waals surface area (Å²) < 4.78 is 0. The molecular formula is C11H15N. The summed E-state index contributed by atoms with van der Waals surface area (Å²) >= 11 is 0. The Kier molecular flexibility index (Phi) is 2.54. The van der Waals surface area contributed by atoms with Crippen molar-refractivity contribution >= 4 is 11.8 Å². The van der Waals surface area contributed by atoms with Gasteiger partial charge in [-0.1, -0.05) is 38.6 Å². The highest BCUT2D eigenvalue weighted by molar-refractivity contribution is 5.62. The molecule has 1 heteroatoms. The van der Waals surface area contributed by atoms with Crippen LogP contribution in [-0.4, -0.2) is 0 Å². The number of anilines is 1. The van der Waals surface area contributed by atoms with Crippen LogP contribution in [0.5, 0.6) is 0 Å². The van der Waals surface area contributed by atoms with Crippen molar-refractivity contribution < 1.29 is 0 Å². The number of nitrogen functional groups attached to an aromatic ring is 1. The van der Waals surface area contributed by atoms with Crippen molar-refractivity contribution in [2.24, 2.45) is 0 Å². The lowest BCUT2D eigenvalue weighted by Gasteiger charge is -2.12. The number of rotatable bonds is 2. The lowest BCUT2D eigenvalue weighted by Crippen LogP contribution is -1.98. The zero-order valence-electron chi connectivity index (χ0n) is 7.67. The molecule has 12 heavy (non-hydrogen) atoms. The van der Waals surface area contributed by atoms with Gasteiger partial charge in [-0.25, -0.2) is 0 Å². The van der Waals surface area contributed by atoms with Gasteiger partial charge in [0.1, 0.15) is 0 Å². The molecule has 0 amide bonds. The third-order valence-electron chi connectivity index (χ3n) is 1.97. The van der Waals surface area contributed by atoms with Crippen LogP contribution in [0.1, 0.15) is 30.9 Å². The van der Waals surface area contributed by atoms with Gasteiger partial charge in [0.2, 0.25) is 0 Å². The van der Waals surface area contributed by atoms with Gasteiger partial charge in [0.05, 0.1) is 0 Å². The molecule has 0 saturated heterocycles. The first-order valence-corrected chi connectivity index (χ1v) is 4.17. The van der Waals surface area contributed by atoms with Gasteiger partial charge < -0.3 is 5.73 Å². The third kappa shape index (κ3) is 1.50. The van der Waals surface area contributed by atoms with Crippen molar-refractivity contribution in [3.05, 3.63) is 35.9 Å². The highest BCUT2D eigenvalue weighted by Crippen LogP contribution is 2.26. The first kappa shape index (κ1) is 8.85. The molecule has 1 aromatic carbocycles. The molecule has 0 aliphatic carbocycles. The molecule has 0 saturated carbocycles. The Morgan fingerprint density at radius 1 is 1.42 bits per heavy atom. The second kappa shape index (κ2) is 3.44. The molecule has 0 aliphatic heterocycles. The van der Waals surface area contributed by atoms with E-state index in [0.717, 1.165) is 11.3 Å². The summed E-state index contributed by atoms with van der Waals surface area (Å²) in [6, 6.07) is 5.93. The number of nitrogens with two attached hydrogens (primary N) is 1. The van der Waals surface area contributed by atoms with Gasteiger partial charge in [0.15, 0.2) is 0 Å². The van der Waals surface area contributed by atoms with Crippen molar-refractivity contribution in [1.29, 1.82) is 0 Å². The molecule has 0 radical (unpaired) electrons. The average molecular weight is 161 g/mol. The Morgan fingerprint density at radius 2 is 2.08 bits per heavy atom. The molecule has 0 aromatic heterocycles. The minimum atomic E-state index is 0.458. The Bertz CT molecular complexity index is 287. The minimum Gasteiger partial charge on any atom is -0.398 e. The van der Waals surface area contributed by atoms with E-state index in [1.54, 1.807) is 0 Å². The summed E-state index contributed by atoms with van der Waals surface area (Å²) in [6.07, 6.45) is 1.85. The van der Waals surface area contributed by atoms with E-state index >= 15 is 0 Å². The SMILES string of the molecule is C=Cc1cccc(N)c1C(C)C. The van der Waals surface area contributed by atoms with Gasteiger partial charge >= 0.3 is 0 Å². The predicted octanol–water partition coefficient (Wildman–Crippen LogP) is 3.04. The zero-order chi connectivity index (χ0) is 9.14. The maximum Gasteiger partial charge on any atom is 0.0355 e. The van der Waals surface area contributed by atoms with Crippen LogP contribution < -0.4 is 5.73 Å². The predicted molar refractivity (Wildman–Crippen MR) is 55.0 cm³/mol. The number of benzene rings is 1. The summed E-state index contributed by atoms with van der Waals surface area (Å²) in [5.41, 5.74) is 9.06. The molecular weight excluding hydrogens is 146 g/mol. The molecule has 1 nitrogen and oxygen atoms in total. The summed E-state index contributed by atoms with van der Waals surface area (Å²) in [5, 5.41) is 0. The van der Waals surface area contributed by atoms with E-state index in [1.165, 1.54) is 5.56 Å². The van der Waals surface area contributed by atoms with Gasteiger partial charge in [-0.15, -0.1) is 0 Å². The normalized spacial score (nSPS) is 10.2. The molecule has 2 N–H and O–H groups in total. The van der Waals surface area contributed by atoms with Gasteiger partial charge in [0.25, 0.3) is 0 Å². The maximum absolute atomic E-state index is 5.85. The average Bonchev–Trinajstić information content (AvgIpc) is 2.03. The summed E-state index contributed by atoms with van der Waals surface area (Å²) in [6.45, 7) is 8.03. The van der Waals surface area contributed by atoms with Gasteiger partial charge in [-0.05, 0) is 23.1 Å². The lowest BCUT2D eigenvalue weighted by molar-refractivity contribution is 0.867. The Labute approximate surface area is 73.9 Å². The largest absolute Gasteiger partial charge is 0.398 e. The number of hydrogen-bond acceptors (Lipinski definition) is 1.